The predicted molar refractivity (Wildman–Crippen MR) is 144 cm³/mol. The molecule has 0 unspecified atom stereocenters. The lowest BCUT2D eigenvalue weighted by Crippen LogP contribution is -1.99. The van der Waals surface area contributed by atoms with Crippen LogP contribution >= 0.6 is 35.1 Å². The Morgan fingerprint density at radius 2 is 1.59 bits per heavy atom. The zero-order valence-corrected chi connectivity index (χ0v) is 20.9. The molecule has 178 valence electrons. The van der Waals surface area contributed by atoms with Gasteiger partial charge in [-0.3, -0.25) is 9.59 Å². The highest BCUT2D eigenvalue weighted by Crippen LogP contribution is 2.40. The summed E-state index contributed by atoms with van der Waals surface area (Å²) in [5.74, 6) is -0.120. The number of fused-ring (bicyclic) bond motifs is 1. The van der Waals surface area contributed by atoms with Crippen molar-refractivity contribution in [3.05, 3.63) is 76.4 Å². The van der Waals surface area contributed by atoms with Crippen LogP contribution in [0.3, 0.4) is 0 Å². The third kappa shape index (κ3) is 8.70. The SMILES string of the molecule is O=C(O)CCCSC(SCCCC(=O)O)c1cccc(C=Cc2ccc3ccc(Cl)cc3n2)c1. The summed E-state index contributed by atoms with van der Waals surface area (Å²) in [4.78, 5) is 26.3. The van der Waals surface area contributed by atoms with Crippen LogP contribution < -0.4 is 0 Å². The topological polar surface area (TPSA) is 87.5 Å². The third-order valence-electron chi connectivity index (χ3n) is 4.91. The molecule has 0 amide bonds. The largest absolute Gasteiger partial charge is 0.481 e. The molecule has 1 aromatic heterocycles. The van der Waals surface area contributed by atoms with Crippen LogP contribution in [0.15, 0.2) is 54.6 Å². The Kier molecular flexibility index (Phi) is 10.3. The zero-order valence-electron chi connectivity index (χ0n) is 18.5. The Bertz CT molecular complexity index is 1150. The minimum absolute atomic E-state index is 0.108. The Labute approximate surface area is 212 Å². The fourth-order valence-corrected chi connectivity index (χ4v) is 6.11. The summed E-state index contributed by atoms with van der Waals surface area (Å²) in [6.07, 6.45) is 5.48. The molecule has 2 N–H and O–H groups in total. The van der Waals surface area contributed by atoms with E-state index < -0.39 is 11.9 Å². The number of carbonyl (C=O) groups is 2. The maximum absolute atomic E-state index is 10.8. The molecule has 1 heterocycles. The van der Waals surface area contributed by atoms with Crippen molar-refractivity contribution < 1.29 is 19.8 Å². The highest BCUT2D eigenvalue weighted by molar-refractivity contribution is 8.16. The van der Waals surface area contributed by atoms with E-state index >= 15 is 0 Å². The van der Waals surface area contributed by atoms with Crippen molar-refractivity contribution >= 4 is 70.1 Å². The molecule has 0 saturated heterocycles. The highest BCUT2D eigenvalue weighted by atomic mass is 35.5. The number of thioether (sulfide) groups is 2. The number of hydrogen-bond acceptors (Lipinski definition) is 5. The number of rotatable bonds is 13. The second-order valence-electron chi connectivity index (χ2n) is 7.64. The lowest BCUT2D eigenvalue weighted by atomic mass is 10.1. The first-order valence-corrected chi connectivity index (χ1v) is 13.4. The molecule has 0 atom stereocenters. The van der Waals surface area contributed by atoms with Gasteiger partial charge in [0, 0.05) is 23.3 Å². The summed E-state index contributed by atoms with van der Waals surface area (Å²) in [5, 5.41) is 19.5. The van der Waals surface area contributed by atoms with Crippen LogP contribution in [0.2, 0.25) is 5.02 Å². The molecule has 8 heteroatoms. The van der Waals surface area contributed by atoms with Crippen LogP contribution in [0.5, 0.6) is 0 Å². The quantitative estimate of drug-likeness (QED) is 0.183. The Balaban J connectivity index is 1.71. The number of pyridine rings is 1. The van der Waals surface area contributed by atoms with Gasteiger partial charge in [0.25, 0.3) is 0 Å². The van der Waals surface area contributed by atoms with Crippen LogP contribution in [0.4, 0.5) is 0 Å². The van der Waals surface area contributed by atoms with Crippen molar-refractivity contribution in [2.75, 3.05) is 11.5 Å². The molecular formula is C26H26ClNO4S2. The van der Waals surface area contributed by atoms with E-state index in [4.69, 9.17) is 21.8 Å². The van der Waals surface area contributed by atoms with Gasteiger partial charge in [0.15, 0.2) is 0 Å². The maximum Gasteiger partial charge on any atom is 0.303 e. The van der Waals surface area contributed by atoms with E-state index in [1.54, 1.807) is 23.5 Å². The second-order valence-corrected chi connectivity index (χ2v) is 10.8. The van der Waals surface area contributed by atoms with Gasteiger partial charge in [0.05, 0.1) is 15.8 Å². The average Bonchev–Trinajstić information content (AvgIpc) is 2.81. The van der Waals surface area contributed by atoms with Crippen LogP contribution in [0.25, 0.3) is 23.1 Å². The molecule has 0 aliphatic rings. The van der Waals surface area contributed by atoms with Gasteiger partial charge in [0.2, 0.25) is 0 Å². The number of carboxylic acid groups (broad SMARTS) is 2. The third-order valence-corrected chi connectivity index (χ3v) is 8.16. The number of nitrogens with zero attached hydrogens (tertiary/aromatic N) is 1. The van der Waals surface area contributed by atoms with Crippen molar-refractivity contribution in [3.8, 4) is 0 Å². The van der Waals surface area contributed by atoms with Crippen molar-refractivity contribution in [3.63, 3.8) is 0 Å². The minimum atomic E-state index is -0.789. The Hall–Kier alpha value is -2.48. The first kappa shape index (κ1) is 26.1. The van der Waals surface area contributed by atoms with Gasteiger partial charge in [-0.05, 0) is 65.8 Å². The molecular weight excluding hydrogens is 490 g/mol. The van der Waals surface area contributed by atoms with Gasteiger partial charge < -0.3 is 10.2 Å². The van der Waals surface area contributed by atoms with Crippen LogP contribution in [-0.2, 0) is 9.59 Å². The van der Waals surface area contributed by atoms with Crippen molar-refractivity contribution in [2.45, 2.75) is 30.3 Å². The molecule has 0 radical (unpaired) electrons. The van der Waals surface area contributed by atoms with Crippen LogP contribution in [0.1, 0.15) is 47.1 Å². The van der Waals surface area contributed by atoms with E-state index in [9.17, 15) is 9.59 Å². The van der Waals surface area contributed by atoms with Crippen LogP contribution in [-0.4, -0.2) is 38.6 Å². The maximum atomic E-state index is 10.8. The molecule has 3 aromatic rings. The summed E-state index contributed by atoms with van der Waals surface area (Å²) in [6.45, 7) is 0. The molecule has 0 bridgehead atoms. The Morgan fingerprint density at radius 3 is 2.26 bits per heavy atom. The standard InChI is InChI=1S/C26H26ClNO4S2/c27-21-11-9-19-10-13-22(28-23(19)17-21)12-8-18-4-1-5-20(16-18)26(33-14-2-6-24(29)30)34-15-3-7-25(31)32/h1,4-5,8-13,16-17,26H,2-3,6-7,14-15H2,(H,29,30)(H,31,32). The summed E-state index contributed by atoms with van der Waals surface area (Å²) < 4.78 is 0.108. The predicted octanol–water partition coefficient (Wildman–Crippen LogP) is 7.25. The van der Waals surface area contributed by atoms with E-state index in [1.165, 1.54) is 0 Å². The van der Waals surface area contributed by atoms with E-state index in [2.05, 4.69) is 17.1 Å². The fourth-order valence-electron chi connectivity index (χ4n) is 3.26. The number of halogens is 1. The first-order chi connectivity index (χ1) is 16.4. The molecule has 2 aromatic carbocycles. The van der Waals surface area contributed by atoms with Gasteiger partial charge in [-0.1, -0.05) is 48.0 Å². The molecule has 0 fully saturated rings. The summed E-state index contributed by atoms with van der Waals surface area (Å²) in [7, 11) is 0. The van der Waals surface area contributed by atoms with Gasteiger partial charge in [0.1, 0.15) is 0 Å². The summed E-state index contributed by atoms with van der Waals surface area (Å²) >= 11 is 9.50. The van der Waals surface area contributed by atoms with E-state index in [1.807, 2.05) is 54.6 Å². The highest BCUT2D eigenvalue weighted by Gasteiger charge is 2.14. The lowest BCUT2D eigenvalue weighted by molar-refractivity contribution is -0.138. The number of hydrogen-bond donors (Lipinski definition) is 2. The molecule has 0 spiro atoms. The van der Waals surface area contributed by atoms with Gasteiger partial charge in [-0.25, -0.2) is 4.98 Å². The zero-order chi connectivity index (χ0) is 24.3. The van der Waals surface area contributed by atoms with Crippen molar-refractivity contribution in [1.82, 2.24) is 4.98 Å². The fraction of sp³-hybridized carbons (Fsp3) is 0.269. The molecule has 5 nitrogen and oxygen atoms in total. The smallest absolute Gasteiger partial charge is 0.303 e. The van der Waals surface area contributed by atoms with Gasteiger partial charge in [-0.2, -0.15) is 0 Å². The summed E-state index contributed by atoms with van der Waals surface area (Å²) in [6, 6.07) is 17.8. The normalized spacial score (nSPS) is 11.5. The second kappa shape index (κ2) is 13.4. The van der Waals surface area contributed by atoms with Gasteiger partial charge >= 0.3 is 11.9 Å². The number of benzene rings is 2. The van der Waals surface area contributed by atoms with Crippen LogP contribution in [0, 0.1) is 0 Å². The van der Waals surface area contributed by atoms with E-state index in [-0.39, 0.29) is 17.4 Å². The van der Waals surface area contributed by atoms with E-state index in [0.717, 1.165) is 39.2 Å². The van der Waals surface area contributed by atoms with Crippen molar-refractivity contribution in [2.24, 2.45) is 0 Å². The lowest BCUT2D eigenvalue weighted by Gasteiger charge is -2.17. The average molecular weight is 516 g/mol. The number of carboxylic acids is 2. The molecule has 0 aliphatic carbocycles. The van der Waals surface area contributed by atoms with Crippen molar-refractivity contribution in [1.29, 1.82) is 0 Å². The summed E-state index contributed by atoms with van der Waals surface area (Å²) in [5.41, 5.74) is 3.84. The molecule has 0 saturated carbocycles. The minimum Gasteiger partial charge on any atom is -0.481 e. The first-order valence-electron chi connectivity index (χ1n) is 10.9. The number of aromatic nitrogens is 1. The monoisotopic (exact) mass is 515 g/mol. The molecule has 3 rings (SSSR count). The molecule has 34 heavy (non-hydrogen) atoms. The van der Waals surface area contributed by atoms with Gasteiger partial charge in [-0.15, -0.1) is 23.5 Å². The Morgan fingerprint density at radius 1 is 0.912 bits per heavy atom. The number of aliphatic carboxylic acids is 2. The van der Waals surface area contributed by atoms with E-state index in [0.29, 0.717) is 17.9 Å². The molecule has 0 aliphatic heterocycles.